The average Bonchev–Trinajstić information content (AvgIpc) is 2.66. The standard InChI is InChI=1S/C20H22N2O4/c1-13(23)22-11-5-6-14-9-10-15(12-17(14)22)21-20(24)16-7-4-8-18(25-2)19(16)26-3/h4,7-10,12H,5-6,11H2,1-3H3,(H,21,24). The normalized spacial score (nSPS) is 13.0. The second kappa shape index (κ2) is 7.47. The highest BCUT2D eigenvalue weighted by Crippen LogP contribution is 2.33. The van der Waals surface area contributed by atoms with Gasteiger partial charge in [0.2, 0.25) is 5.91 Å². The molecule has 2 amide bonds. The summed E-state index contributed by atoms with van der Waals surface area (Å²) in [4.78, 5) is 26.3. The summed E-state index contributed by atoms with van der Waals surface area (Å²) in [5, 5.41) is 2.88. The van der Waals surface area contributed by atoms with Gasteiger partial charge in [0.25, 0.3) is 5.91 Å². The number of carbonyl (C=O) groups excluding carboxylic acids is 2. The second-order valence-electron chi connectivity index (χ2n) is 6.11. The predicted octanol–water partition coefficient (Wildman–Crippen LogP) is 3.26. The van der Waals surface area contributed by atoms with Crippen LogP contribution >= 0.6 is 0 Å². The molecule has 2 aromatic carbocycles. The highest BCUT2D eigenvalue weighted by molar-refractivity contribution is 6.07. The smallest absolute Gasteiger partial charge is 0.259 e. The SMILES string of the molecule is COc1cccc(C(=O)Nc2ccc3c(c2)N(C(C)=O)CCC3)c1OC. The first-order valence-electron chi connectivity index (χ1n) is 8.48. The van der Waals surface area contributed by atoms with E-state index in [9.17, 15) is 9.59 Å². The van der Waals surface area contributed by atoms with Crippen molar-refractivity contribution in [3.63, 3.8) is 0 Å². The summed E-state index contributed by atoms with van der Waals surface area (Å²) in [5.74, 6) is 0.582. The molecule has 1 aliphatic rings. The van der Waals surface area contributed by atoms with Crippen LogP contribution in [-0.2, 0) is 11.2 Å². The maximum atomic E-state index is 12.7. The number of para-hydroxylation sites is 1. The number of aryl methyl sites for hydroxylation is 1. The average molecular weight is 354 g/mol. The van der Waals surface area contributed by atoms with E-state index >= 15 is 0 Å². The highest BCUT2D eigenvalue weighted by Gasteiger charge is 2.21. The van der Waals surface area contributed by atoms with E-state index in [0.29, 0.717) is 29.3 Å². The fourth-order valence-corrected chi connectivity index (χ4v) is 3.24. The molecule has 0 atom stereocenters. The lowest BCUT2D eigenvalue weighted by Gasteiger charge is -2.29. The summed E-state index contributed by atoms with van der Waals surface area (Å²) in [5.41, 5.74) is 2.99. The molecule has 0 spiro atoms. The van der Waals surface area contributed by atoms with Gasteiger partial charge < -0.3 is 19.7 Å². The van der Waals surface area contributed by atoms with E-state index in [1.807, 2.05) is 18.2 Å². The minimum atomic E-state index is -0.300. The van der Waals surface area contributed by atoms with Crippen molar-refractivity contribution in [2.24, 2.45) is 0 Å². The maximum Gasteiger partial charge on any atom is 0.259 e. The third-order valence-corrected chi connectivity index (χ3v) is 4.49. The summed E-state index contributed by atoms with van der Waals surface area (Å²) >= 11 is 0. The van der Waals surface area contributed by atoms with E-state index in [0.717, 1.165) is 24.1 Å². The zero-order valence-corrected chi connectivity index (χ0v) is 15.2. The van der Waals surface area contributed by atoms with Crippen LogP contribution in [0.5, 0.6) is 11.5 Å². The summed E-state index contributed by atoms with van der Waals surface area (Å²) in [7, 11) is 3.03. The predicted molar refractivity (Wildman–Crippen MR) is 100 cm³/mol. The molecule has 1 aliphatic heterocycles. The van der Waals surface area contributed by atoms with Gasteiger partial charge in [-0.1, -0.05) is 12.1 Å². The largest absolute Gasteiger partial charge is 0.493 e. The lowest BCUT2D eigenvalue weighted by molar-refractivity contribution is -0.116. The topological polar surface area (TPSA) is 67.9 Å². The van der Waals surface area contributed by atoms with E-state index in [-0.39, 0.29) is 11.8 Å². The van der Waals surface area contributed by atoms with Gasteiger partial charge in [-0.2, -0.15) is 0 Å². The van der Waals surface area contributed by atoms with Crippen LogP contribution in [0.2, 0.25) is 0 Å². The number of nitrogens with zero attached hydrogens (tertiary/aromatic N) is 1. The number of anilines is 2. The Morgan fingerprint density at radius 1 is 1.12 bits per heavy atom. The first-order valence-corrected chi connectivity index (χ1v) is 8.48. The van der Waals surface area contributed by atoms with Crippen LogP contribution in [0.25, 0.3) is 0 Å². The minimum absolute atomic E-state index is 0.00360. The molecule has 136 valence electrons. The molecule has 0 aromatic heterocycles. The Hall–Kier alpha value is -3.02. The molecule has 2 aromatic rings. The Labute approximate surface area is 152 Å². The molecule has 26 heavy (non-hydrogen) atoms. The second-order valence-corrected chi connectivity index (χ2v) is 6.11. The van der Waals surface area contributed by atoms with Crippen molar-refractivity contribution >= 4 is 23.2 Å². The van der Waals surface area contributed by atoms with Gasteiger partial charge in [0.15, 0.2) is 11.5 Å². The van der Waals surface area contributed by atoms with Crippen molar-refractivity contribution in [2.45, 2.75) is 19.8 Å². The van der Waals surface area contributed by atoms with Crippen LogP contribution in [0.3, 0.4) is 0 Å². The molecule has 6 nitrogen and oxygen atoms in total. The van der Waals surface area contributed by atoms with E-state index in [1.54, 1.807) is 30.0 Å². The summed E-state index contributed by atoms with van der Waals surface area (Å²) < 4.78 is 10.6. The highest BCUT2D eigenvalue weighted by atomic mass is 16.5. The van der Waals surface area contributed by atoms with Crippen molar-refractivity contribution in [2.75, 3.05) is 31.0 Å². The molecule has 0 unspecified atom stereocenters. The summed E-state index contributed by atoms with van der Waals surface area (Å²) in [6, 6.07) is 10.8. The van der Waals surface area contributed by atoms with Gasteiger partial charge in [0.05, 0.1) is 19.8 Å². The van der Waals surface area contributed by atoms with Crippen LogP contribution < -0.4 is 19.7 Å². The van der Waals surface area contributed by atoms with E-state index in [4.69, 9.17) is 9.47 Å². The molecule has 0 saturated carbocycles. The minimum Gasteiger partial charge on any atom is -0.493 e. The Balaban J connectivity index is 1.89. The Bertz CT molecular complexity index is 848. The molecule has 0 aliphatic carbocycles. The van der Waals surface area contributed by atoms with Gasteiger partial charge in [-0.25, -0.2) is 0 Å². The number of fused-ring (bicyclic) bond motifs is 1. The number of amides is 2. The zero-order chi connectivity index (χ0) is 18.7. The third-order valence-electron chi connectivity index (χ3n) is 4.49. The summed E-state index contributed by atoms with van der Waals surface area (Å²) in [6.07, 6.45) is 1.87. The molecule has 0 radical (unpaired) electrons. The molecule has 6 heteroatoms. The Morgan fingerprint density at radius 3 is 2.62 bits per heavy atom. The van der Waals surface area contributed by atoms with E-state index < -0.39 is 0 Å². The Kier molecular flexibility index (Phi) is 5.11. The molecular formula is C20H22N2O4. The van der Waals surface area contributed by atoms with Crippen LogP contribution in [0.15, 0.2) is 36.4 Å². The van der Waals surface area contributed by atoms with Crippen molar-refractivity contribution < 1.29 is 19.1 Å². The summed E-state index contributed by atoms with van der Waals surface area (Å²) in [6.45, 7) is 2.25. The first kappa shape index (κ1) is 17.8. The fourth-order valence-electron chi connectivity index (χ4n) is 3.24. The van der Waals surface area contributed by atoms with Gasteiger partial charge in [0, 0.05) is 24.8 Å². The van der Waals surface area contributed by atoms with Crippen molar-refractivity contribution in [3.05, 3.63) is 47.5 Å². The molecule has 3 rings (SSSR count). The monoisotopic (exact) mass is 354 g/mol. The van der Waals surface area contributed by atoms with Gasteiger partial charge in [-0.15, -0.1) is 0 Å². The number of hydrogen-bond donors (Lipinski definition) is 1. The molecule has 1 N–H and O–H groups in total. The van der Waals surface area contributed by atoms with Crippen LogP contribution in [0.1, 0.15) is 29.3 Å². The molecule has 0 bridgehead atoms. The number of rotatable bonds is 4. The van der Waals surface area contributed by atoms with E-state index in [1.165, 1.54) is 14.2 Å². The van der Waals surface area contributed by atoms with Gasteiger partial charge in [-0.05, 0) is 42.7 Å². The van der Waals surface area contributed by atoms with Gasteiger partial charge >= 0.3 is 0 Å². The number of ether oxygens (including phenoxy) is 2. The van der Waals surface area contributed by atoms with Gasteiger partial charge in [-0.3, -0.25) is 9.59 Å². The number of carbonyl (C=O) groups is 2. The molecule has 1 heterocycles. The molecule has 0 saturated heterocycles. The van der Waals surface area contributed by atoms with Crippen LogP contribution in [-0.4, -0.2) is 32.6 Å². The quantitative estimate of drug-likeness (QED) is 0.915. The van der Waals surface area contributed by atoms with E-state index in [2.05, 4.69) is 5.32 Å². The lowest BCUT2D eigenvalue weighted by atomic mass is 10.0. The number of hydrogen-bond acceptors (Lipinski definition) is 4. The van der Waals surface area contributed by atoms with Crippen molar-refractivity contribution in [1.82, 2.24) is 0 Å². The lowest BCUT2D eigenvalue weighted by Crippen LogP contribution is -2.33. The van der Waals surface area contributed by atoms with Crippen LogP contribution in [0, 0.1) is 0 Å². The molecule has 0 fully saturated rings. The number of nitrogens with one attached hydrogen (secondary N) is 1. The zero-order valence-electron chi connectivity index (χ0n) is 15.2. The van der Waals surface area contributed by atoms with Gasteiger partial charge in [0.1, 0.15) is 0 Å². The van der Waals surface area contributed by atoms with Crippen LogP contribution in [0.4, 0.5) is 11.4 Å². The first-order chi connectivity index (χ1) is 12.5. The maximum absolute atomic E-state index is 12.7. The fraction of sp³-hybridized carbons (Fsp3) is 0.300. The van der Waals surface area contributed by atoms with Crippen molar-refractivity contribution in [1.29, 1.82) is 0 Å². The van der Waals surface area contributed by atoms with Crippen molar-refractivity contribution in [3.8, 4) is 11.5 Å². The third kappa shape index (κ3) is 3.35. The number of benzene rings is 2. The Morgan fingerprint density at radius 2 is 1.92 bits per heavy atom. The number of methoxy groups -OCH3 is 2. The molecular weight excluding hydrogens is 332 g/mol.